The number of aromatic nitrogens is 1. The van der Waals surface area contributed by atoms with E-state index in [0.29, 0.717) is 10.2 Å². The summed E-state index contributed by atoms with van der Waals surface area (Å²) in [6.07, 6.45) is 1.63. The third-order valence-corrected chi connectivity index (χ3v) is 3.78. The van der Waals surface area contributed by atoms with Crippen molar-refractivity contribution in [2.24, 2.45) is 0 Å². The molecule has 0 aliphatic carbocycles. The summed E-state index contributed by atoms with van der Waals surface area (Å²) in [5, 5.41) is 5.70. The molecule has 0 spiro atoms. The van der Waals surface area contributed by atoms with E-state index in [1.807, 2.05) is 30.3 Å². The molecule has 23 heavy (non-hydrogen) atoms. The minimum Gasteiger partial charge on any atom is -0.349 e. The minimum atomic E-state index is -0.410. The summed E-state index contributed by atoms with van der Waals surface area (Å²) in [4.78, 5) is 27.6. The smallest absolute Gasteiger partial charge is 0.226 e. The number of carbonyl (C=O) groups excluding carboxylic acids is 2. The van der Waals surface area contributed by atoms with E-state index in [-0.39, 0.29) is 23.4 Å². The van der Waals surface area contributed by atoms with Gasteiger partial charge in [0.25, 0.3) is 0 Å². The number of carbonyl (C=O) groups is 2. The molecule has 2 aromatic rings. The Balaban J connectivity index is 2.11. The summed E-state index contributed by atoms with van der Waals surface area (Å²) in [6, 6.07) is 10.6. The maximum atomic E-state index is 12.3. The Hall–Kier alpha value is -1.92. The molecule has 0 radical (unpaired) electrons. The van der Waals surface area contributed by atoms with Crippen LogP contribution in [0, 0.1) is 0 Å². The fourth-order valence-electron chi connectivity index (χ4n) is 2.08. The lowest BCUT2D eigenvalue weighted by Gasteiger charge is -2.18. The number of nitrogens with zero attached hydrogens (tertiary/aromatic N) is 1. The van der Waals surface area contributed by atoms with Crippen molar-refractivity contribution in [1.82, 2.24) is 10.3 Å². The molecule has 2 amide bonds. The van der Waals surface area contributed by atoms with Gasteiger partial charge in [-0.3, -0.25) is 9.59 Å². The van der Waals surface area contributed by atoms with Crippen molar-refractivity contribution in [2.75, 3.05) is 5.32 Å². The third kappa shape index (κ3) is 5.33. The van der Waals surface area contributed by atoms with Gasteiger partial charge in [0, 0.05) is 17.6 Å². The fraction of sp³-hybridized carbons (Fsp3) is 0.188. The van der Waals surface area contributed by atoms with Gasteiger partial charge in [-0.25, -0.2) is 4.98 Å². The number of nitrogens with one attached hydrogen (secondary N) is 2. The van der Waals surface area contributed by atoms with Crippen LogP contribution in [0.2, 0.25) is 5.15 Å². The summed E-state index contributed by atoms with van der Waals surface area (Å²) in [5.41, 5.74) is 1.27. The number of pyridine rings is 1. The first-order chi connectivity index (χ1) is 11.0. The molecule has 0 bridgehead atoms. The highest BCUT2D eigenvalue weighted by molar-refractivity contribution is 9.10. The third-order valence-electron chi connectivity index (χ3n) is 3.05. The van der Waals surface area contributed by atoms with Gasteiger partial charge in [0.15, 0.2) is 5.15 Å². The number of halogens is 2. The fourth-order valence-corrected chi connectivity index (χ4v) is 2.56. The summed E-state index contributed by atoms with van der Waals surface area (Å²) in [5.74, 6) is -0.469. The first-order valence-corrected chi connectivity index (χ1v) is 8.05. The molecule has 1 aromatic carbocycles. The molecule has 2 N–H and O–H groups in total. The van der Waals surface area contributed by atoms with Crippen molar-refractivity contribution in [3.63, 3.8) is 0 Å². The van der Waals surface area contributed by atoms with Crippen LogP contribution in [0.5, 0.6) is 0 Å². The molecule has 1 heterocycles. The van der Waals surface area contributed by atoms with E-state index in [4.69, 9.17) is 11.6 Å². The number of hydrogen-bond donors (Lipinski definition) is 2. The summed E-state index contributed by atoms with van der Waals surface area (Å²) >= 11 is 9.24. The van der Waals surface area contributed by atoms with Crippen LogP contribution in [0.3, 0.4) is 0 Å². The lowest BCUT2D eigenvalue weighted by atomic mass is 10.0. The van der Waals surface area contributed by atoms with Crippen LogP contribution in [-0.4, -0.2) is 16.8 Å². The van der Waals surface area contributed by atoms with Gasteiger partial charge in [-0.1, -0.05) is 41.9 Å². The largest absolute Gasteiger partial charge is 0.349 e. The average molecular weight is 397 g/mol. The van der Waals surface area contributed by atoms with Gasteiger partial charge in [-0.2, -0.15) is 0 Å². The zero-order chi connectivity index (χ0) is 16.8. The number of rotatable bonds is 5. The number of benzene rings is 1. The highest BCUT2D eigenvalue weighted by atomic mass is 79.9. The van der Waals surface area contributed by atoms with Gasteiger partial charge >= 0.3 is 0 Å². The molecule has 1 aromatic heterocycles. The normalized spacial score (nSPS) is 11.6. The molecule has 120 valence electrons. The van der Waals surface area contributed by atoms with E-state index >= 15 is 0 Å². The lowest BCUT2D eigenvalue weighted by molar-refractivity contribution is -0.120. The Morgan fingerprint density at radius 1 is 1.30 bits per heavy atom. The Kier molecular flexibility index (Phi) is 6.12. The van der Waals surface area contributed by atoms with Crippen LogP contribution in [0.15, 0.2) is 47.1 Å². The summed E-state index contributed by atoms with van der Waals surface area (Å²) in [6.45, 7) is 1.42. The molecule has 5 nitrogen and oxygen atoms in total. The zero-order valence-corrected chi connectivity index (χ0v) is 14.7. The van der Waals surface area contributed by atoms with Crippen LogP contribution >= 0.6 is 27.5 Å². The predicted octanol–water partition coefficient (Wildman–Crippen LogP) is 3.70. The van der Waals surface area contributed by atoms with E-state index in [0.717, 1.165) is 5.56 Å². The van der Waals surface area contributed by atoms with Crippen molar-refractivity contribution in [2.45, 2.75) is 19.4 Å². The van der Waals surface area contributed by atoms with Crippen LogP contribution in [0.1, 0.15) is 24.9 Å². The quantitative estimate of drug-likeness (QED) is 0.757. The summed E-state index contributed by atoms with van der Waals surface area (Å²) < 4.78 is 0.707. The van der Waals surface area contributed by atoms with Gasteiger partial charge in [0.1, 0.15) is 0 Å². The molecule has 0 fully saturated rings. The predicted molar refractivity (Wildman–Crippen MR) is 93.2 cm³/mol. The van der Waals surface area contributed by atoms with Gasteiger partial charge in [-0.05, 0) is 27.6 Å². The zero-order valence-electron chi connectivity index (χ0n) is 12.3. The van der Waals surface area contributed by atoms with Crippen LogP contribution < -0.4 is 10.6 Å². The van der Waals surface area contributed by atoms with Crippen molar-refractivity contribution in [1.29, 1.82) is 0 Å². The second-order valence-corrected chi connectivity index (χ2v) is 6.18. The van der Waals surface area contributed by atoms with Gasteiger partial charge < -0.3 is 10.6 Å². The monoisotopic (exact) mass is 395 g/mol. The second kappa shape index (κ2) is 8.08. The Bertz CT molecular complexity index is 710. The SMILES string of the molecule is CC(=O)NC(CC(=O)Nc1cc(Br)cnc1Cl)c1ccccc1. The molecule has 0 saturated heterocycles. The average Bonchev–Trinajstić information content (AvgIpc) is 2.51. The highest BCUT2D eigenvalue weighted by Gasteiger charge is 2.18. The first kappa shape index (κ1) is 17.4. The van der Waals surface area contributed by atoms with Crippen molar-refractivity contribution in [3.05, 3.63) is 57.8 Å². The summed E-state index contributed by atoms with van der Waals surface area (Å²) in [7, 11) is 0. The highest BCUT2D eigenvalue weighted by Crippen LogP contribution is 2.24. The Labute approximate surface area is 147 Å². The molecular formula is C16H15BrClN3O2. The Morgan fingerprint density at radius 3 is 2.65 bits per heavy atom. The molecule has 0 aliphatic heterocycles. The second-order valence-electron chi connectivity index (χ2n) is 4.91. The van der Waals surface area contributed by atoms with Crippen LogP contribution in [0.25, 0.3) is 0 Å². The van der Waals surface area contributed by atoms with Crippen molar-refractivity contribution in [3.8, 4) is 0 Å². The number of amides is 2. The molecular weight excluding hydrogens is 382 g/mol. The van der Waals surface area contributed by atoms with E-state index in [9.17, 15) is 9.59 Å². The van der Waals surface area contributed by atoms with Crippen molar-refractivity contribution < 1.29 is 9.59 Å². The standard InChI is InChI=1S/C16H15BrClN3O2/c1-10(22)20-13(11-5-3-2-4-6-11)8-15(23)21-14-7-12(17)9-19-16(14)18/h2-7,9,13H,8H2,1H3,(H,20,22)(H,21,23). The van der Waals surface area contributed by atoms with Crippen LogP contribution in [0.4, 0.5) is 5.69 Å². The molecule has 2 rings (SSSR count). The maximum absolute atomic E-state index is 12.3. The van der Waals surface area contributed by atoms with Crippen LogP contribution in [-0.2, 0) is 9.59 Å². The van der Waals surface area contributed by atoms with E-state index in [2.05, 4.69) is 31.5 Å². The molecule has 0 aliphatic rings. The molecule has 7 heteroatoms. The lowest BCUT2D eigenvalue weighted by Crippen LogP contribution is -2.29. The Morgan fingerprint density at radius 2 is 2.00 bits per heavy atom. The van der Waals surface area contributed by atoms with Gasteiger partial charge in [0.2, 0.25) is 11.8 Å². The first-order valence-electron chi connectivity index (χ1n) is 6.88. The number of hydrogen-bond acceptors (Lipinski definition) is 3. The van der Waals surface area contributed by atoms with E-state index < -0.39 is 6.04 Å². The van der Waals surface area contributed by atoms with E-state index in [1.165, 1.54) is 6.92 Å². The van der Waals surface area contributed by atoms with Crippen molar-refractivity contribution >= 4 is 45.0 Å². The van der Waals surface area contributed by atoms with Gasteiger partial charge in [0.05, 0.1) is 18.2 Å². The molecule has 1 unspecified atom stereocenters. The number of anilines is 1. The topological polar surface area (TPSA) is 71.1 Å². The molecule has 0 saturated carbocycles. The maximum Gasteiger partial charge on any atom is 0.226 e. The minimum absolute atomic E-state index is 0.0897. The van der Waals surface area contributed by atoms with Gasteiger partial charge in [-0.15, -0.1) is 0 Å². The molecule has 1 atom stereocenters. The van der Waals surface area contributed by atoms with E-state index in [1.54, 1.807) is 12.3 Å².